The third-order valence-corrected chi connectivity index (χ3v) is 9.47. The molecule has 0 atom stereocenters. The standard InChI is InChI=1S/C39H51N/c1-5-7-9-11-15-24-39(25-16-12-10-8-6-2)36-18-14-13-17-34(36)35-22-20-31(28-37(35)39)32-21-19-30(27-29(3)4)33-23-26-40-38(32)33/h13-14,17-23,28-29H,5-12,15-16,24-27H2,1-4H3. The van der Waals surface area contributed by atoms with Crippen molar-refractivity contribution in [1.29, 1.82) is 0 Å². The molecule has 0 fully saturated rings. The smallest absolute Gasteiger partial charge is 0.0729 e. The molecule has 0 aromatic heterocycles. The predicted molar refractivity (Wildman–Crippen MR) is 174 cm³/mol. The highest BCUT2D eigenvalue weighted by molar-refractivity contribution is 5.84. The summed E-state index contributed by atoms with van der Waals surface area (Å²) >= 11 is 0. The first-order valence-corrected chi connectivity index (χ1v) is 16.5. The number of hydrogen-bond donors (Lipinski definition) is 0. The molecule has 1 heteroatoms. The Morgan fingerprint density at radius 2 is 1.35 bits per heavy atom. The van der Waals surface area contributed by atoms with Crippen LogP contribution in [-0.4, -0.2) is 6.54 Å². The molecule has 0 spiro atoms. The van der Waals surface area contributed by atoms with E-state index >= 15 is 0 Å². The summed E-state index contributed by atoms with van der Waals surface area (Å²) < 4.78 is 0. The fourth-order valence-electron chi connectivity index (χ4n) is 7.47. The van der Waals surface area contributed by atoms with Crippen LogP contribution in [0, 0.1) is 5.92 Å². The number of fused-ring (bicyclic) bond motifs is 4. The van der Waals surface area contributed by atoms with Crippen LogP contribution in [-0.2, 0) is 11.8 Å². The molecule has 1 nitrogen and oxygen atoms in total. The van der Waals surface area contributed by atoms with E-state index in [2.05, 4.69) is 88.4 Å². The fourth-order valence-corrected chi connectivity index (χ4v) is 7.47. The van der Waals surface area contributed by atoms with Gasteiger partial charge in [0.1, 0.15) is 0 Å². The second kappa shape index (κ2) is 13.3. The lowest BCUT2D eigenvalue weighted by molar-refractivity contribution is 0.399. The molecule has 0 bridgehead atoms. The average Bonchev–Trinajstić information content (AvgIpc) is 3.56. The van der Waals surface area contributed by atoms with Crippen LogP contribution in [0.5, 0.6) is 0 Å². The monoisotopic (exact) mass is 533 g/mol. The summed E-state index contributed by atoms with van der Waals surface area (Å²) in [5.41, 5.74) is 10.4. The summed E-state index contributed by atoms with van der Waals surface area (Å²) in [6, 6.07) is 21.5. The molecule has 0 saturated heterocycles. The first kappa shape index (κ1) is 28.8. The minimum atomic E-state index is 0.129. The van der Waals surface area contributed by atoms with Crippen molar-refractivity contribution in [2.45, 2.75) is 117 Å². The molecule has 2 aliphatic rings. The summed E-state index contributed by atoms with van der Waals surface area (Å²) in [6.45, 7) is 10.1. The van der Waals surface area contributed by atoms with Crippen molar-refractivity contribution in [3.63, 3.8) is 0 Å². The fraction of sp³-hybridized carbons (Fsp3) is 0.513. The van der Waals surface area contributed by atoms with Gasteiger partial charge in [0.05, 0.1) is 11.9 Å². The number of hydrogen-bond acceptors (Lipinski definition) is 1. The number of rotatable bonds is 15. The van der Waals surface area contributed by atoms with Gasteiger partial charge in [-0.3, -0.25) is 4.99 Å². The van der Waals surface area contributed by atoms with Gasteiger partial charge in [-0.25, -0.2) is 0 Å². The first-order valence-electron chi connectivity index (χ1n) is 16.5. The molecule has 212 valence electrons. The van der Waals surface area contributed by atoms with Crippen LogP contribution < -0.4 is 10.6 Å². The molecule has 0 radical (unpaired) electrons. The van der Waals surface area contributed by atoms with Crippen LogP contribution in [0.2, 0.25) is 0 Å². The summed E-state index contributed by atoms with van der Waals surface area (Å²) in [5, 5.41) is 2.60. The van der Waals surface area contributed by atoms with Gasteiger partial charge in [0.2, 0.25) is 0 Å². The maximum atomic E-state index is 5.01. The molecular weight excluding hydrogens is 482 g/mol. The summed E-state index contributed by atoms with van der Waals surface area (Å²) in [6.07, 6.45) is 19.4. The van der Waals surface area contributed by atoms with Crippen LogP contribution in [0.15, 0.2) is 59.6 Å². The minimum Gasteiger partial charge on any atom is -0.280 e. The molecule has 3 aromatic rings. The van der Waals surface area contributed by atoms with Gasteiger partial charge in [-0.05, 0) is 64.6 Å². The molecule has 0 N–H and O–H groups in total. The van der Waals surface area contributed by atoms with Crippen molar-refractivity contribution in [1.82, 2.24) is 0 Å². The SMILES string of the molecule is CCCCCCCC1(CCCCCCC)c2ccccc2-c2ccc(-c3ccc(CC(C)C)c4c3=NCC=4)cc21. The lowest BCUT2D eigenvalue weighted by Crippen LogP contribution is -2.29. The number of unbranched alkanes of at least 4 members (excludes halogenated alkanes) is 8. The average molecular weight is 534 g/mol. The quantitative estimate of drug-likeness (QED) is 0.172. The van der Waals surface area contributed by atoms with E-state index in [1.165, 1.54) is 115 Å². The van der Waals surface area contributed by atoms with Gasteiger partial charge in [-0.1, -0.05) is 147 Å². The van der Waals surface area contributed by atoms with Gasteiger partial charge in [-0.2, -0.15) is 0 Å². The Labute approximate surface area is 243 Å². The molecule has 0 amide bonds. The van der Waals surface area contributed by atoms with Crippen molar-refractivity contribution < 1.29 is 0 Å². The van der Waals surface area contributed by atoms with E-state index in [4.69, 9.17) is 4.99 Å². The summed E-state index contributed by atoms with van der Waals surface area (Å²) in [4.78, 5) is 5.01. The number of benzene rings is 3. The third-order valence-electron chi connectivity index (χ3n) is 9.47. The van der Waals surface area contributed by atoms with Crippen LogP contribution in [0.25, 0.3) is 28.3 Å². The van der Waals surface area contributed by atoms with Crippen molar-refractivity contribution in [2.24, 2.45) is 10.9 Å². The minimum absolute atomic E-state index is 0.129. The van der Waals surface area contributed by atoms with E-state index in [0.717, 1.165) is 13.0 Å². The summed E-state index contributed by atoms with van der Waals surface area (Å²) in [7, 11) is 0. The van der Waals surface area contributed by atoms with Gasteiger partial charge < -0.3 is 0 Å². The van der Waals surface area contributed by atoms with E-state index in [0.29, 0.717) is 5.92 Å². The van der Waals surface area contributed by atoms with Gasteiger partial charge in [-0.15, -0.1) is 0 Å². The molecule has 0 unspecified atom stereocenters. The Morgan fingerprint density at radius 3 is 2.05 bits per heavy atom. The Bertz CT molecular complexity index is 1400. The van der Waals surface area contributed by atoms with Crippen molar-refractivity contribution in [2.75, 3.05) is 6.54 Å². The maximum absolute atomic E-state index is 5.01. The second-order valence-electron chi connectivity index (χ2n) is 12.9. The highest BCUT2D eigenvalue weighted by atomic mass is 14.7. The van der Waals surface area contributed by atoms with Gasteiger partial charge in [0, 0.05) is 16.2 Å². The zero-order valence-electron chi connectivity index (χ0n) is 25.7. The number of nitrogens with zero attached hydrogens (tertiary/aromatic N) is 1. The molecule has 5 rings (SSSR count). The van der Waals surface area contributed by atoms with E-state index in [1.54, 1.807) is 11.1 Å². The Hall–Kier alpha value is -2.67. The van der Waals surface area contributed by atoms with Crippen molar-refractivity contribution >= 4 is 6.08 Å². The van der Waals surface area contributed by atoms with E-state index in [1.807, 2.05) is 0 Å². The van der Waals surface area contributed by atoms with Gasteiger partial charge in [0.15, 0.2) is 0 Å². The van der Waals surface area contributed by atoms with Gasteiger partial charge >= 0.3 is 0 Å². The van der Waals surface area contributed by atoms with E-state index < -0.39 is 0 Å². The zero-order valence-corrected chi connectivity index (χ0v) is 25.7. The highest BCUT2D eigenvalue weighted by Gasteiger charge is 2.42. The Balaban J connectivity index is 1.57. The van der Waals surface area contributed by atoms with Crippen LogP contribution in [0.4, 0.5) is 0 Å². The largest absolute Gasteiger partial charge is 0.280 e. The Kier molecular flexibility index (Phi) is 9.61. The molecular formula is C39H51N. The van der Waals surface area contributed by atoms with Crippen LogP contribution >= 0.6 is 0 Å². The predicted octanol–water partition coefficient (Wildman–Crippen LogP) is 9.95. The lowest BCUT2D eigenvalue weighted by Gasteiger charge is -2.33. The van der Waals surface area contributed by atoms with Crippen LogP contribution in [0.3, 0.4) is 0 Å². The van der Waals surface area contributed by atoms with Crippen molar-refractivity contribution in [3.05, 3.63) is 81.9 Å². The zero-order chi connectivity index (χ0) is 28.0. The normalized spacial score (nSPS) is 14.5. The van der Waals surface area contributed by atoms with E-state index in [-0.39, 0.29) is 5.41 Å². The maximum Gasteiger partial charge on any atom is 0.0729 e. The molecule has 0 saturated carbocycles. The van der Waals surface area contributed by atoms with Crippen molar-refractivity contribution in [3.8, 4) is 22.3 Å². The topological polar surface area (TPSA) is 12.4 Å². The summed E-state index contributed by atoms with van der Waals surface area (Å²) in [5.74, 6) is 0.651. The third kappa shape index (κ3) is 5.86. The highest BCUT2D eigenvalue weighted by Crippen LogP contribution is 2.54. The van der Waals surface area contributed by atoms with Gasteiger partial charge in [0.25, 0.3) is 0 Å². The Morgan fingerprint density at radius 1 is 0.700 bits per heavy atom. The van der Waals surface area contributed by atoms with Crippen LogP contribution in [0.1, 0.15) is 121 Å². The molecule has 3 aromatic carbocycles. The second-order valence-corrected chi connectivity index (χ2v) is 12.9. The first-order chi connectivity index (χ1) is 19.6. The molecule has 1 aliphatic carbocycles. The molecule has 40 heavy (non-hydrogen) atoms. The lowest BCUT2D eigenvalue weighted by atomic mass is 9.70. The molecule has 1 aliphatic heterocycles. The molecule has 1 heterocycles. The van der Waals surface area contributed by atoms with E-state index in [9.17, 15) is 0 Å².